The third-order valence-corrected chi connectivity index (χ3v) is 3.11. The van der Waals surface area contributed by atoms with Gasteiger partial charge in [0.05, 0.1) is 7.11 Å². The van der Waals surface area contributed by atoms with Gasteiger partial charge in [-0.2, -0.15) is 12.6 Å². The lowest BCUT2D eigenvalue weighted by Crippen LogP contribution is -2.33. The summed E-state index contributed by atoms with van der Waals surface area (Å²) in [7, 11) is 1.67. The highest BCUT2D eigenvalue weighted by molar-refractivity contribution is 7.80. The Morgan fingerprint density at radius 3 is 2.87 bits per heavy atom. The quantitative estimate of drug-likeness (QED) is 0.738. The Bertz CT molecular complexity index is 374. The average molecular weight is 224 g/mol. The van der Waals surface area contributed by atoms with Crippen molar-refractivity contribution in [3.63, 3.8) is 0 Å². The second-order valence-electron chi connectivity index (χ2n) is 4.49. The van der Waals surface area contributed by atoms with Crippen LogP contribution in [-0.2, 0) is 0 Å². The molecule has 1 aromatic rings. The predicted octanol–water partition coefficient (Wildman–Crippen LogP) is 3.23. The van der Waals surface area contributed by atoms with Crippen LogP contribution in [0.2, 0.25) is 0 Å². The summed E-state index contributed by atoms with van der Waals surface area (Å²) in [6, 6.07) is 5.88. The molecule has 0 aromatic heterocycles. The average Bonchev–Trinajstić information content (AvgIpc) is 2.15. The minimum Gasteiger partial charge on any atom is -0.497 e. The molecule has 0 amide bonds. The fourth-order valence-corrected chi connectivity index (χ4v) is 2.56. The van der Waals surface area contributed by atoms with Gasteiger partial charge in [-0.1, -0.05) is 0 Å². The zero-order valence-corrected chi connectivity index (χ0v) is 10.2. The molecule has 0 N–H and O–H groups in total. The summed E-state index contributed by atoms with van der Waals surface area (Å²) in [4.78, 5) is 0. The number of fused-ring (bicyclic) bond motifs is 1. The smallest absolute Gasteiger partial charge is 0.124 e. The van der Waals surface area contributed by atoms with Gasteiger partial charge in [0.15, 0.2) is 0 Å². The van der Waals surface area contributed by atoms with Crippen LogP contribution in [0.25, 0.3) is 0 Å². The SMILES string of the molecule is COc1ccc2c(c1)C(S)CC(C)(C)O2. The second-order valence-corrected chi connectivity index (χ2v) is 5.11. The number of benzene rings is 1. The minimum absolute atomic E-state index is 0.131. The van der Waals surface area contributed by atoms with Crippen molar-refractivity contribution < 1.29 is 9.47 Å². The van der Waals surface area contributed by atoms with Crippen LogP contribution in [0.4, 0.5) is 0 Å². The molecule has 82 valence electrons. The monoisotopic (exact) mass is 224 g/mol. The molecule has 0 bridgehead atoms. The van der Waals surface area contributed by atoms with Crippen molar-refractivity contribution in [3.8, 4) is 11.5 Å². The van der Waals surface area contributed by atoms with E-state index in [1.165, 1.54) is 0 Å². The minimum atomic E-state index is -0.131. The van der Waals surface area contributed by atoms with E-state index in [2.05, 4.69) is 26.5 Å². The molecule has 0 saturated carbocycles. The van der Waals surface area contributed by atoms with E-state index in [0.29, 0.717) is 0 Å². The molecule has 1 aliphatic heterocycles. The molecule has 0 spiro atoms. The van der Waals surface area contributed by atoms with Gasteiger partial charge in [-0.25, -0.2) is 0 Å². The Morgan fingerprint density at radius 2 is 2.20 bits per heavy atom. The fourth-order valence-electron chi connectivity index (χ4n) is 1.92. The van der Waals surface area contributed by atoms with E-state index in [9.17, 15) is 0 Å². The first-order valence-corrected chi connectivity index (χ1v) is 5.58. The first kappa shape index (κ1) is 10.7. The van der Waals surface area contributed by atoms with E-state index in [4.69, 9.17) is 9.47 Å². The van der Waals surface area contributed by atoms with E-state index in [1.54, 1.807) is 7.11 Å². The third-order valence-electron chi connectivity index (χ3n) is 2.65. The van der Waals surface area contributed by atoms with Crippen LogP contribution in [-0.4, -0.2) is 12.7 Å². The Hall–Kier alpha value is -0.830. The Kier molecular flexibility index (Phi) is 2.59. The molecular weight excluding hydrogens is 208 g/mol. The number of hydrogen-bond donors (Lipinski definition) is 1. The maximum atomic E-state index is 5.88. The van der Waals surface area contributed by atoms with Gasteiger partial charge in [-0.15, -0.1) is 0 Å². The molecule has 1 atom stereocenters. The van der Waals surface area contributed by atoms with Crippen molar-refractivity contribution in [1.29, 1.82) is 0 Å². The first-order chi connectivity index (χ1) is 7.02. The van der Waals surface area contributed by atoms with Gasteiger partial charge in [0.2, 0.25) is 0 Å². The summed E-state index contributed by atoms with van der Waals surface area (Å²) in [5.41, 5.74) is 0.991. The van der Waals surface area contributed by atoms with Crippen molar-refractivity contribution in [2.24, 2.45) is 0 Å². The fraction of sp³-hybridized carbons (Fsp3) is 0.500. The van der Waals surface area contributed by atoms with Crippen LogP contribution in [0.5, 0.6) is 11.5 Å². The highest BCUT2D eigenvalue weighted by Gasteiger charge is 2.32. The summed E-state index contributed by atoms with van der Waals surface area (Å²) in [5, 5.41) is 0.221. The van der Waals surface area contributed by atoms with Crippen molar-refractivity contribution in [2.45, 2.75) is 31.1 Å². The van der Waals surface area contributed by atoms with Gasteiger partial charge in [-0.3, -0.25) is 0 Å². The molecule has 1 aromatic carbocycles. The van der Waals surface area contributed by atoms with E-state index in [1.807, 2.05) is 18.2 Å². The number of methoxy groups -OCH3 is 1. The summed E-state index contributed by atoms with van der Waals surface area (Å²) < 4.78 is 11.1. The molecule has 1 aliphatic rings. The van der Waals surface area contributed by atoms with Crippen LogP contribution < -0.4 is 9.47 Å². The molecule has 0 radical (unpaired) electrons. The van der Waals surface area contributed by atoms with Gasteiger partial charge in [0, 0.05) is 17.2 Å². The van der Waals surface area contributed by atoms with Crippen molar-refractivity contribution >= 4 is 12.6 Å². The van der Waals surface area contributed by atoms with E-state index >= 15 is 0 Å². The maximum Gasteiger partial charge on any atom is 0.124 e. The van der Waals surface area contributed by atoms with Crippen molar-refractivity contribution in [3.05, 3.63) is 23.8 Å². The molecule has 15 heavy (non-hydrogen) atoms. The number of ether oxygens (including phenoxy) is 2. The molecule has 2 nitrogen and oxygen atoms in total. The number of rotatable bonds is 1. The summed E-state index contributed by atoms with van der Waals surface area (Å²) in [5.74, 6) is 1.78. The topological polar surface area (TPSA) is 18.5 Å². The van der Waals surface area contributed by atoms with Gasteiger partial charge in [0.25, 0.3) is 0 Å². The third kappa shape index (κ3) is 2.07. The van der Waals surface area contributed by atoms with Gasteiger partial charge in [0.1, 0.15) is 17.1 Å². The molecule has 0 aliphatic carbocycles. The van der Waals surface area contributed by atoms with Gasteiger partial charge in [-0.05, 0) is 32.0 Å². The Balaban J connectivity index is 2.41. The molecule has 3 heteroatoms. The lowest BCUT2D eigenvalue weighted by Gasteiger charge is -2.35. The molecule has 2 rings (SSSR count). The normalized spacial score (nSPS) is 22.8. The summed E-state index contributed by atoms with van der Waals surface area (Å²) >= 11 is 4.60. The summed E-state index contributed by atoms with van der Waals surface area (Å²) in [6.07, 6.45) is 0.913. The van der Waals surface area contributed by atoms with E-state index < -0.39 is 0 Å². The van der Waals surface area contributed by atoms with Crippen LogP contribution in [0.15, 0.2) is 18.2 Å². The highest BCUT2D eigenvalue weighted by atomic mass is 32.1. The van der Waals surface area contributed by atoms with Gasteiger partial charge >= 0.3 is 0 Å². The molecule has 0 saturated heterocycles. The molecule has 1 heterocycles. The molecule has 0 fully saturated rings. The maximum absolute atomic E-state index is 5.88. The molecular formula is C12H16O2S. The van der Waals surface area contributed by atoms with Crippen LogP contribution >= 0.6 is 12.6 Å². The second kappa shape index (κ2) is 3.63. The zero-order valence-electron chi connectivity index (χ0n) is 9.28. The Morgan fingerprint density at radius 1 is 1.47 bits per heavy atom. The lowest BCUT2D eigenvalue weighted by molar-refractivity contribution is 0.0835. The number of hydrogen-bond acceptors (Lipinski definition) is 3. The van der Waals surface area contributed by atoms with Gasteiger partial charge < -0.3 is 9.47 Å². The standard InChI is InChI=1S/C12H16O2S/c1-12(2)7-11(15)9-6-8(13-3)4-5-10(9)14-12/h4-6,11,15H,7H2,1-3H3. The molecule has 1 unspecified atom stereocenters. The number of thiol groups is 1. The van der Waals surface area contributed by atoms with Crippen molar-refractivity contribution in [1.82, 2.24) is 0 Å². The first-order valence-electron chi connectivity index (χ1n) is 5.07. The van der Waals surface area contributed by atoms with E-state index in [-0.39, 0.29) is 10.9 Å². The van der Waals surface area contributed by atoms with E-state index in [0.717, 1.165) is 23.5 Å². The van der Waals surface area contributed by atoms with Crippen LogP contribution in [0, 0.1) is 0 Å². The van der Waals surface area contributed by atoms with Crippen LogP contribution in [0.1, 0.15) is 31.1 Å². The highest BCUT2D eigenvalue weighted by Crippen LogP contribution is 2.43. The lowest BCUT2D eigenvalue weighted by atomic mass is 9.93. The summed E-state index contributed by atoms with van der Waals surface area (Å²) in [6.45, 7) is 4.17. The van der Waals surface area contributed by atoms with Crippen molar-refractivity contribution in [2.75, 3.05) is 7.11 Å². The van der Waals surface area contributed by atoms with Crippen LogP contribution in [0.3, 0.4) is 0 Å². The predicted molar refractivity (Wildman–Crippen MR) is 64.0 cm³/mol. The zero-order chi connectivity index (χ0) is 11.1. The Labute approximate surface area is 96.0 Å². The largest absolute Gasteiger partial charge is 0.497 e.